The van der Waals surface area contributed by atoms with Crippen molar-refractivity contribution in [3.05, 3.63) is 0 Å². The molecular formula is C15H27NO5. The number of rotatable bonds is 4. The van der Waals surface area contributed by atoms with Gasteiger partial charge in [0.05, 0.1) is 12.0 Å². The van der Waals surface area contributed by atoms with Crippen molar-refractivity contribution >= 4 is 12.1 Å². The number of hydrogen-bond acceptors (Lipinski definition) is 5. The molecule has 0 aliphatic carbocycles. The van der Waals surface area contributed by atoms with Gasteiger partial charge < -0.3 is 19.9 Å². The minimum absolute atomic E-state index is 0.270. The molecule has 0 aromatic heterocycles. The van der Waals surface area contributed by atoms with E-state index in [9.17, 15) is 14.7 Å². The Morgan fingerprint density at radius 1 is 1.43 bits per heavy atom. The van der Waals surface area contributed by atoms with E-state index in [1.165, 1.54) is 0 Å². The standard InChI is InChI=1S/C15H27NO5/c1-8(2)7-10(16-14(19)21-15(4,5)6)12-11(17)9(3)13(18)20-12/h8-12,17H,7H2,1-6H3,(H,16,19)/t9-,10+,11+,12+/m1/s1. The normalized spacial score (nSPS) is 27.4. The lowest BCUT2D eigenvalue weighted by Crippen LogP contribution is -2.49. The molecule has 2 N–H and O–H groups in total. The van der Waals surface area contributed by atoms with Crippen LogP contribution in [0.5, 0.6) is 0 Å². The first-order valence-electron chi connectivity index (χ1n) is 7.39. The van der Waals surface area contributed by atoms with E-state index in [2.05, 4.69) is 5.32 Å². The molecule has 1 aliphatic rings. The predicted molar refractivity (Wildman–Crippen MR) is 77.7 cm³/mol. The molecule has 0 unspecified atom stereocenters. The van der Waals surface area contributed by atoms with Gasteiger partial charge in [0.25, 0.3) is 0 Å². The Balaban J connectivity index is 2.77. The van der Waals surface area contributed by atoms with Crippen LogP contribution in [0.3, 0.4) is 0 Å². The second kappa shape index (κ2) is 6.64. The lowest BCUT2D eigenvalue weighted by molar-refractivity contribution is -0.145. The fourth-order valence-electron chi connectivity index (χ4n) is 2.30. The van der Waals surface area contributed by atoms with Crippen molar-refractivity contribution in [2.45, 2.75) is 71.8 Å². The molecule has 0 bridgehead atoms. The van der Waals surface area contributed by atoms with Gasteiger partial charge in [-0.25, -0.2) is 4.79 Å². The lowest BCUT2D eigenvalue weighted by atomic mass is 9.93. The Hall–Kier alpha value is -1.30. The SMILES string of the molecule is CC(C)C[C@H](NC(=O)OC(C)(C)C)[C@@H]1OC(=O)[C@H](C)[C@@H]1O. The quantitative estimate of drug-likeness (QED) is 0.774. The Morgan fingerprint density at radius 2 is 2.00 bits per heavy atom. The summed E-state index contributed by atoms with van der Waals surface area (Å²) in [6.45, 7) is 10.9. The number of cyclic esters (lactones) is 1. The van der Waals surface area contributed by atoms with Gasteiger partial charge in [-0.15, -0.1) is 0 Å². The van der Waals surface area contributed by atoms with E-state index >= 15 is 0 Å². The molecule has 1 fully saturated rings. The van der Waals surface area contributed by atoms with Gasteiger partial charge in [-0.2, -0.15) is 0 Å². The van der Waals surface area contributed by atoms with E-state index in [1.807, 2.05) is 13.8 Å². The zero-order chi connectivity index (χ0) is 16.4. The summed E-state index contributed by atoms with van der Waals surface area (Å²) >= 11 is 0. The highest BCUT2D eigenvalue weighted by molar-refractivity contribution is 5.75. The number of ether oxygens (including phenoxy) is 2. The number of aliphatic hydroxyl groups is 1. The highest BCUT2D eigenvalue weighted by Crippen LogP contribution is 2.26. The molecule has 0 saturated carbocycles. The predicted octanol–water partition coefficient (Wildman–Crippen LogP) is 1.85. The van der Waals surface area contributed by atoms with Crippen molar-refractivity contribution in [3.63, 3.8) is 0 Å². The van der Waals surface area contributed by atoms with E-state index in [0.29, 0.717) is 6.42 Å². The zero-order valence-electron chi connectivity index (χ0n) is 13.7. The molecular weight excluding hydrogens is 274 g/mol. The van der Waals surface area contributed by atoms with Crippen LogP contribution >= 0.6 is 0 Å². The Morgan fingerprint density at radius 3 is 2.38 bits per heavy atom. The van der Waals surface area contributed by atoms with Crippen molar-refractivity contribution in [1.29, 1.82) is 0 Å². The van der Waals surface area contributed by atoms with Crippen LogP contribution in [0, 0.1) is 11.8 Å². The van der Waals surface area contributed by atoms with Crippen LogP contribution in [0.4, 0.5) is 4.79 Å². The molecule has 1 amide bonds. The number of esters is 1. The molecule has 0 spiro atoms. The minimum atomic E-state index is -0.920. The summed E-state index contributed by atoms with van der Waals surface area (Å²) in [6, 6.07) is -0.469. The number of carbonyl (C=O) groups is 2. The molecule has 0 aromatic rings. The van der Waals surface area contributed by atoms with Crippen molar-refractivity contribution in [2.24, 2.45) is 11.8 Å². The van der Waals surface area contributed by atoms with Crippen LogP contribution in [-0.2, 0) is 14.3 Å². The van der Waals surface area contributed by atoms with Crippen LogP contribution in [0.25, 0.3) is 0 Å². The number of nitrogens with one attached hydrogen (secondary N) is 1. The molecule has 122 valence electrons. The van der Waals surface area contributed by atoms with Crippen LogP contribution in [-0.4, -0.2) is 41.0 Å². The summed E-state index contributed by atoms with van der Waals surface area (Å²) in [5, 5.41) is 12.8. The van der Waals surface area contributed by atoms with Crippen molar-refractivity contribution in [2.75, 3.05) is 0 Å². The van der Waals surface area contributed by atoms with Gasteiger partial charge in [0.15, 0.2) is 0 Å². The molecule has 1 aliphatic heterocycles. The molecule has 0 aromatic carbocycles. The van der Waals surface area contributed by atoms with Crippen molar-refractivity contribution in [1.82, 2.24) is 5.32 Å². The summed E-state index contributed by atoms with van der Waals surface area (Å²) in [7, 11) is 0. The number of alkyl carbamates (subject to hydrolysis) is 1. The van der Waals surface area contributed by atoms with Gasteiger partial charge in [0.1, 0.15) is 17.8 Å². The molecule has 21 heavy (non-hydrogen) atoms. The largest absolute Gasteiger partial charge is 0.457 e. The third-order valence-electron chi connectivity index (χ3n) is 3.30. The number of carbonyl (C=O) groups excluding carboxylic acids is 2. The Kier molecular flexibility index (Phi) is 5.61. The maximum absolute atomic E-state index is 11.9. The van der Waals surface area contributed by atoms with E-state index in [1.54, 1.807) is 27.7 Å². The van der Waals surface area contributed by atoms with Gasteiger partial charge in [-0.05, 0) is 40.0 Å². The zero-order valence-corrected chi connectivity index (χ0v) is 13.7. The summed E-state index contributed by atoms with van der Waals surface area (Å²) in [4.78, 5) is 23.5. The summed E-state index contributed by atoms with van der Waals surface area (Å²) in [6.07, 6.45) is -1.64. The van der Waals surface area contributed by atoms with Crippen LogP contribution in [0.1, 0.15) is 48.0 Å². The smallest absolute Gasteiger partial charge is 0.408 e. The van der Waals surface area contributed by atoms with Crippen molar-refractivity contribution < 1.29 is 24.2 Å². The van der Waals surface area contributed by atoms with Gasteiger partial charge in [-0.1, -0.05) is 13.8 Å². The molecule has 4 atom stereocenters. The number of amides is 1. The summed E-state index contributed by atoms with van der Waals surface area (Å²) in [5.41, 5.74) is -0.606. The first-order valence-corrected chi connectivity index (χ1v) is 7.39. The first kappa shape index (κ1) is 17.8. The molecule has 0 radical (unpaired) electrons. The number of hydrogen-bond donors (Lipinski definition) is 2. The average Bonchev–Trinajstić information content (AvgIpc) is 2.53. The molecule has 1 rings (SSSR count). The molecule has 1 heterocycles. The van der Waals surface area contributed by atoms with E-state index < -0.39 is 41.8 Å². The third-order valence-corrected chi connectivity index (χ3v) is 3.30. The topological polar surface area (TPSA) is 84.9 Å². The average molecular weight is 301 g/mol. The Bertz CT molecular complexity index is 388. The summed E-state index contributed by atoms with van der Waals surface area (Å²) < 4.78 is 10.4. The van der Waals surface area contributed by atoms with Crippen LogP contribution in [0.2, 0.25) is 0 Å². The van der Waals surface area contributed by atoms with Crippen molar-refractivity contribution in [3.8, 4) is 0 Å². The monoisotopic (exact) mass is 301 g/mol. The maximum Gasteiger partial charge on any atom is 0.408 e. The minimum Gasteiger partial charge on any atom is -0.457 e. The molecule has 6 heteroatoms. The van der Waals surface area contributed by atoms with E-state index in [0.717, 1.165) is 0 Å². The lowest BCUT2D eigenvalue weighted by Gasteiger charge is -2.29. The van der Waals surface area contributed by atoms with Gasteiger partial charge >= 0.3 is 12.1 Å². The molecule has 1 saturated heterocycles. The summed E-state index contributed by atoms with van der Waals surface area (Å²) in [5.74, 6) is -0.746. The van der Waals surface area contributed by atoms with Gasteiger partial charge in [0.2, 0.25) is 0 Å². The highest BCUT2D eigenvalue weighted by Gasteiger charge is 2.45. The highest BCUT2D eigenvalue weighted by atomic mass is 16.6. The fourth-order valence-corrected chi connectivity index (χ4v) is 2.30. The molecule has 6 nitrogen and oxygen atoms in total. The van der Waals surface area contributed by atoms with E-state index in [-0.39, 0.29) is 5.92 Å². The first-order chi connectivity index (χ1) is 9.51. The fraction of sp³-hybridized carbons (Fsp3) is 0.867. The van der Waals surface area contributed by atoms with Crippen LogP contribution < -0.4 is 5.32 Å². The Labute approximate surface area is 126 Å². The van der Waals surface area contributed by atoms with Gasteiger partial charge in [0, 0.05) is 0 Å². The van der Waals surface area contributed by atoms with E-state index in [4.69, 9.17) is 9.47 Å². The second-order valence-electron chi connectivity index (χ2n) is 7.06. The van der Waals surface area contributed by atoms with Crippen LogP contribution in [0.15, 0.2) is 0 Å². The van der Waals surface area contributed by atoms with Gasteiger partial charge in [-0.3, -0.25) is 4.79 Å². The third kappa shape index (κ3) is 5.19. The number of aliphatic hydroxyl groups excluding tert-OH is 1. The maximum atomic E-state index is 11.9. The second-order valence-corrected chi connectivity index (χ2v) is 7.06.